The molecule has 0 N–H and O–H groups in total. The zero-order chi connectivity index (χ0) is 45.0. The summed E-state index contributed by atoms with van der Waals surface area (Å²) in [6, 6.07) is 91.1. The van der Waals surface area contributed by atoms with E-state index in [2.05, 4.69) is 264 Å². The molecule has 13 rings (SSSR count). The molecule has 4 heteroatoms. The molecule has 0 saturated carbocycles. The van der Waals surface area contributed by atoms with Crippen LogP contribution in [-0.4, -0.2) is 19.1 Å². The first-order valence-electron chi connectivity index (χ1n) is 23.1. The van der Waals surface area contributed by atoms with Crippen LogP contribution in [-0.2, 0) is 0 Å². The first kappa shape index (κ1) is 39.3. The maximum Gasteiger partial charge on any atom is 0.160 e. The highest BCUT2D eigenvalue weighted by atomic mass is 15.0. The fourth-order valence-corrected chi connectivity index (χ4v) is 10.1. The average Bonchev–Trinajstić information content (AvgIpc) is 3.94. The number of rotatable bonds is 8. The van der Waals surface area contributed by atoms with Gasteiger partial charge in [0, 0.05) is 49.6 Å². The highest BCUT2D eigenvalue weighted by Crippen LogP contribution is 2.37. The minimum absolute atomic E-state index is 0.665. The highest BCUT2D eigenvalue weighted by Gasteiger charge is 2.17. The van der Waals surface area contributed by atoms with E-state index in [-0.39, 0.29) is 0 Å². The molecule has 318 valence electrons. The maximum absolute atomic E-state index is 5.39. The first-order chi connectivity index (χ1) is 33.7. The lowest BCUT2D eigenvalue weighted by Crippen LogP contribution is -1.98. The molecular weight excluding hydrogens is 825 g/mol. The smallest absolute Gasteiger partial charge is 0.160 e. The molecule has 10 aromatic carbocycles. The van der Waals surface area contributed by atoms with Gasteiger partial charge in [0.05, 0.1) is 33.5 Å². The van der Waals surface area contributed by atoms with E-state index in [4.69, 9.17) is 9.97 Å². The number of para-hydroxylation sites is 4. The van der Waals surface area contributed by atoms with E-state index < -0.39 is 0 Å². The van der Waals surface area contributed by atoms with E-state index in [0.29, 0.717) is 5.82 Å². The van der Waals surface area contributed by atoms with Crippen LogP contribution in [0.5, 0.6) is 0 Å². The summed E-state index contributed by atoms with van der Waals surface area (Å²) in [6.07, 6.45) is 0. The Morgan fingerprint density at radius 1 is 0.221 bits per heavy atom. The van der Waals surface area contributed by atoms with E-state index in [1.165, 1.54) is 49.3 Å². The van der Waals surface area contributed by atoms with Crippen molar-refractivity contribution in [2.45, 2.75) is 0 Å². The van der Waals surface area contributed by atoms with Crippen molar-refractivity contribution < 1.29 is 0 Å². The van der Waals surface area contributed by atoms with Crippen LogP contribution in [0.15, 0.2) is 255 Å². The van der Waals surface area contributed by atoms with Crippen LogP contribution < -0.4 is 0 Å². The Kier molecular flexibility index (Phi) is 9.47. The van der Waals surface area contributed by atoms with Crippen LogP contribution in [0.4, 0.5) is 0 Å². The third-order valence-corrected chi connectivity index (χ3v) is 13.3. The van der Waals surface area contributed by atoms with E-state index >= 15 is 0 Å². The van der Waals surface area contributed by atoms with Gasteiger partial charge in [-0.3, -0.25) is 0 Å². The van der Waals surface area contributed by atoms with Crippen LogP contribution in [0.2, 0.25) is 0 Å². The number of aromatic nitrogens is 4. The summed E-state index contributed by atoms with van der Waals surface area (Å²) in [5, 5.41) is 4.95. The standard InChI is InChI=1S/C64H42N4/c1-2-16-43(17-3-1)46-18-12-19-47(38-46)44-34-36-45(37-35-44)58-42-59(66-64(65-58)51-23-15-25-53(41-51)68-62-32-10-6-28-56(62)57-29-7-11-33-63(57)68)50-22-13-20-48(39-50)49-21-14-24-52(40-49)67-60-30-8-4-26-54(60)55-27-5-9-31-61(55)67/h1-42H. The topological polar surface area (TPSA) is 35.6 Å². The summed E-state index contributed by atoms with van der Waals surface area (Å²) in [4.78, 5) is 10.7. The van der Waals surface area contributed by atoms with Gasteiger partial charge in [-0.15, -0.1) is 0 Å². The lowest BCUT2D eigenvalue weighted by atomic mass is 9.97. The molecule has 0 saturated heterocycles. The van der Waals surface area contributed by atoms with Gasteiger partial charge in [-0.1, -0.05) is 188 Å². The van der Waals surface area contributed by atoms with Gasteiger partial charge in [-0.05, 0) is 100 Å². The van der Waals surface area contributed by atoms with Crippen molar-refractivity contribution in [2.24, 2.45) is 0 Å². The van der Waals surface area contributed by atoms with Gasteiger partial charge in [0.2, 0.25) is 0 Å². The third kappa shape index (κ3) is 6.86. The molecule has 0 fully saturated rings. The van der Waals surface area contributed by atoms with Crippen LogP contribution in [0.3, 0.4) is 0 Å². The number of hydrogen-bond acceptors (Lipinski definition) is 2. The molecule has 0 bridgehead atoms. The van der Waals surface area contributed by atoms with Crippen LogP contribution in [0, 0.1) is 0 Å². The number of hydrogen-bond donors (Lipinski definition) is 0. The van der Waals surface area contributed by atoms with Gasteiger partial charge >= 0.3 is 0 Å². The molecule has 0 unspecified atom stereocenters. The van der Waals surface area contributed by atoms with Gasteiger partial charge in [0.1, 0.15) is 0 Å². The van der Waals surface area contributed by atoms with Crippen molar-refractivity contribution in [1.29, 1.82) is 0 Å². The van der Waals surface area contributed by atoms with E-state index in [9.17, 15) is 0 Å². The fraction of sp³-hybridized carbons (Fsp3) is 0. The predicted octanol–water partition coefficient (Wildman–Crippen LogP) is 16.7. The quantitative estimate of drug-likeness (QED) is 0.153. The van der Waals surface area contributed by atoms with E-state index in [1.807, 2.05) is 0 Å². The SMILES string of the molecule is c1ccc(-c2cccc(-c3ccc(-c4cc(-c5cccc(-c6cccc(-n7c8ccccc8c8ccccc87)c6)c5)nc(-c5cccc(-n6c7ccccc7c7ccccc76)c5)n4)cc3)c2)cc1. The Bertz CT molecular complexity index is 3920. The Morgan fingerprint density at radius 3 is 1.09 bits per heavy atom. The molecule has 0 amide bonds. The summed E-state index contributed by atoms with van der Waals surface area (Å²) in [6.45, 7) is 0. The zero-order valence-corrected chi connectivity index (χ0v) is 37.0. The van der Waals surface area contributed by atoms with Crippen molar-refractivity contribution >= 4 is 43.6 Å². The molecule has 0 aliphatic carbocycles. The van der Waals surface area contributed by atoms with Crippen molar-refractivity contribution in [1.82, 2.24) is 19.1 Å². The second-order valence-electron chi connectivity index (χ2n) is 17.4. The molecule has 13 aromatic rings. The molecule has 3 heterocycles. The molecule has 0 aliphatic heterocycles. The predicted molar refractivity (Wildman–Crippen MR) is 283 cm³/mol. The Hall–Kier alpha value is -9.12. The average molecular weight is 867 g/mol. The first-order valence-corrected chi connectivity index (χ1v) is 23.1. The zero-order valence-electron chi connectivity index (χ0n) is 37.0. The fourth-order valence-electron chi connectivity index (χ4n) is 10.1. The van der Waals surface area contributed by atoms with Gasteiger partial charge < -0.3 is 9.13 Å². The van der Waals surface area contributed by atoms with Gasteiger partial charge in [0.25, 0.3) is 0 Å². The second-order valence-corrected chi connectivity index (χ2v) is 17.4. The summed E-state index contributed by atoms with van der Waals surface area (Å²) in [5.74, 6) is 0.665. The van der Waals surface area contributed by atoms with Gasteiger partial charge in [-0.25, -0.2) is 9.97 Å². The van der Waals surface area contributed by atoms with Gasteiger partial charge in [0.15, 0.2) is 5.82 Å². The highest BCUT2D eigenvalue weighted by molar-refractivity contribution is 6.10. The van der Waals surface area contributed by atoms with Crippen molar-refractivity contribution in [3.63, 3.8) is 0 Å². The van der Waals surface area contributed by atoms with Crippen LogP contribution >= 0.6 is 0 Å². The molecule has 3 aromatic heterocycles. The maximum atomic E-state index is 5.39. The summed E-state index contributed by atoms with van der Waals surface area (Å²) in [7, 11) is 0. The number of nitrogens with zero attached hydrogens (tertiary/aromatic N) is 4. The van der Waals surface area contributed by atoms with Crippen LogP contribution in [0.25, 0.3) is 122 Å². The van der Waals surface area contributed by atoms with Crippen molar-refractivity contribution in [3.8, 4) is 78.7 Å². The number of fused-ring (bicyclic) bond motifs is 6. The molecule has 68 heavy (non-hydrogen) atoms. The van der Waals surface area contributed by atoms with E-state index in [0.717, 1.165) is 67.2 Å². The molecule has 0 atom stereocenters. The monoisotopic (exact) mass is 866 g/mol. The summed E-state index contributed by atoms with van der Waals surface area (Å²) in [5.41, 5.74) is 18.5. The third-order valence-electron chi connectivity index (χ3n) is 13.3. The Balaban J connectivity index is 0.927. The van der Waals surface area contributed by atoms with Crippen molar-refractivity contribution in [3.05, 3.63) is 255 Å². The summed E-state index contributed by atoms with van der Waals surface area (Å²) < 4.78 is 4.72. The molecular formula is C64H42N4. The normalized spacial score (nSPS) is 11.5. The minimum Gasteiger partial charge on any atom is -0.309 e. The molecule has 4 nitrogen and oxygen atoms in total. The van der Waals surface area contributed by atoms with Crippen molar-refractivity contribution in [2.75, 3.05) is 0 Å². The lowest BCUT2D eigenvalue weighted by Gasteiger charge is -2.13. The minimum atomic E-state index is 0.665. The number of benzene rings is 10. The molecule has 0 radical (unpaired) electrons. The summed E-state index contributed by atoms with van der Waals surface area (Å²) >= 11 is 0. The van der Waals surface area contributed by atoms with Crippen LogP contribution in [0.1, 0.15) is 0 Å². The largest absolute Gasteiger partial charge is 0.309 e. The Morgan fingerprint density at radius 2 is 0.559 bits per heavy atom. The molecule has 0 aliphatic rings. The van der Waals surface area contributed by atoms with Gasteiger partial charge in [-0.2, -0.15) is 0 Å². The van der Waals surface area contributed by atoms with E-state index in [1.54, 1.807) is 0 Å². The second kappa shape index (κ2) is 16.4. The molecule has 0 spiro atoms. The lowest BCUT2D eigenvalue weighted by molar-refractivity contribution is 1.16. The Labute approximate surface area is 394 Å².